The Hall–Kier alpha value is -1.64. The van der Waals surface area contributed by atoms with Crippen LogP contribution >= 0.6 is 24.0 Å². The SMILES string of the molecule is CCNC(=NCc1cccc(F)c1)NCCc1c(C)nn(C)c1C.I. The van der Waals surface area contributed by atoms with Crippen LogP contribution in [-0.2, 0) is 20.0 Å². The third-order valence-corrected chi connectivity index (χ3v) is 3.98. The number of nitrogens with one attached hydrogen (secondary N) is 2. The highest BCUT2D eigenvalue weighted by atomic mass is 127. The van der Waals surface area contributed by atoms with Crippen molar-refractivity contribution in [2.75, 3.05) is 13.1 Å². The molecule has 0 bridgehead atoms. The van der Waals surface area contributed by atoms with Crippen molar-refractivity contribution in [3.8, 4) is 0 Å². The summed E-state index contributed by atoms with van der Waals surface area (Å²) in [6, 6.07) is 6.53. The minimum absolute atomic E-state index is 0. The van der Waals surface area contributed by atoms with Crippen molar-refractivity contribution in [1.82, 2.24) is 20.4 Å². The molecular formula is C18H27FIN5. The molecule has 1 aromatic heterocycles. The van der Waals surface area contributed by atoms with E-state index in [2.05, 4.69) is 27.6 Å². The van der Waals surface area contributed by atoms with Crippen LogP contribution in [0.15, 0.2) is 29.3 Å². The predicted molar refractivity (Wildman–Crippen MR) is 111 cm³/mol. The van der Waals surface area contributed by atoms with Gasteiger partial charge in [-0.15, -0.1) is 24.0 Å². The first kappa shape index (κ1) is 21.4. The first-order chi connectivity index (χ1) is 11.5. The summed E-state index contributed by atoms with van der Waals surface area (Å²) in [7, 11) is 1.96. The summed E-state index contributed by atoms with van der Waals surface area (Å²) in [5, 5.41) is 11.0. The summed E-state index contributed by atoms with van der Waals surface area (Å²) in [5.41, 5.74) is 4.38. The van der Waals surface area contributed by atoms with Crippen molar-refractivity contribution in [3.05, 3.63) is 52.6 Å². The molecule has 2 N–H and O–H groups in total. The number of benzene rings is 1. The Morgan fingerprint density at radius 3 is 2.64 bits per heavy atom. The number of hydrogen-bond donors (Lipinski definition) is 2. The molecule has 0 unspecified atom stereocenters. The Morgan fingerprint density at radius 1 is 1.28 bits per heavy atom. The quantitative estimate of drug-likeness (QED) is 0.397. The summed E-state index contributed by atoms with van der Waals surface area (Å²) in [6.07, 6.45) is 0.885. The molecule has 5 nitrogen and oxygen atoms in total. The summed E-state index contributed by atoms with van der Waals surface area (Å²) in [5.74, 6) is 0.504. The largest absolute Gasteiger partial charge is 0.357 e. The van der Waals surface area contributed by atoms with E-state index < -0.39 is 0 Å². The zero-order valence-electron chi connectivity index (χ0n) is 15.3. The van der Waals surface area contributed by atoms with E-state index in [4.69, 9.17) is 0 Å². The summed E-state index contributed by atoms with van der Waals surface area (Å²) in [6.45, 7) is 8.12. The number of rotatable bonds is 6. The molecule has 2 rings (SSSR count). The number of nitrogens with zero attached hydrogens (tertiary/aromatic N) is 3. The van der Waals surface area contributed by atoms with Crippen molar-refractivity contribution in [2.24, 2.45) is 12.0 Å². The Morgan fingerprint density at radius 2 is 2.04 bits per heavy atom. The molecule has 0 saturated heterocycles. The zero-order valence-corrected chi connectivity index (χ0v) is 17.6. The highest BCUT2D eigenvalue weighted by Gasteiger charge is 2.09. The Labute approximate surface area is 166 Å². The third-order valence-electron chi connectivity index (χ3n) is 3.98. The van der Waals surface area contributed by atoms with Gasteiger partial charge in [0.1, 0.15) is 5.82 Å². The van der Waals surface area contributed by atoms with Crippen LogP contribution in [0.3, 0.4) is 0 Å². The number of guanidine groups is 1. The van der Waals surface area contributed by atoms with E-state index in [1.807, 2.05) is 31.6 Å². The van der Waals surface area contributed by atoms with Crippen molar-refractivity contribution in [3.63, 3.8) is 0 Å². The van der Waals surface area contributed by atoms with Crippen LogP contribution in [0.2, 0.25) is 0 Å². The van der Waals surface area contributed by atoms with Crippen LogP contribution in [0, 0.1) is 19.7 Å². The fourth-order valence-electron chi connectivity index (χ4n) is 2.63. The molecular weight excluding hydrogens is 432 g/mol. The van der Waals surface area contributed by atoms with Gasteiger partial charge >= 0.3 is 0 Å². The normalized spacial score (nSPS) is 11.2. The minimum atomic E-state index is -0.233. The van der Waals surface area contributed by atoms with E-state index in [0.717, 1.165) is 36.7 Å². The molecule has 0 radical (unpaired) electrons. The monoisotopic (exact) mass is 459 g/mol. The van der Waals surface area contributed by atoms with Crippen molar-refractivity contribution < 1.29 is 4.39 Å². The molecule has 0 spiro atoms. The number of halogens is 2. The molecule has 138 valence electrons. The molecule has 1 aromatic carbocycles. The minimum Gasteiger partial charge on any atom is -0.357 e. The van der Waals surface area contributed by atoms with E-state index >= 15 is 0 Å². The van der Waals surface area contributed by atoms with Gasteiger partial charge in [0.05, 0.1) is 12.2 Å². The molecule has 0 fully saturated rings. The van der Waals surface area contributed by atoms with Crippen LogP contribution in [0.1, 0.15) is 29.4 Å². The molecule has 25 heavy (non-hydrogen) atoms. The average Bonchev–Trinajstić information content (AvgIpc) is 2.78. The van der Waals surface area contributed by atoms with E-state index in [1.54, 1.807) is 6.07 Å². The maximum atomic E-state index is 13.2. The molecule has 0 amide bonds. The highest BCUT2D eigenvalue weighted by Crippen LogP contribution is 2.11. The van der Waals surface area contributed by atoms with Gasteiger partial charge in [-0.05, 0) is 50.5 Å². The molecule has 0 atom stereocenters. The van der Waals surface area contributed by atoms with Crippen LogP contribution in [0.4, 0.5) is 4.39 Å². The third kappa shape index (κ3) is 6.30. The Kier molecular flexibility index (Phi) is 8.88. The molecule has 0 saturated carbocycles. The van der Waals surface area contributed by atoms with Gasteiger partial charge in [-0.3, -0.25) is 4.68 Å². The van der Waals surface area contributed by atoms with E-state index in [1.165, 1.54) is 23.4 Å². The topological polar surface area (TPSA) is 54.2 Å². The summed E-state index contributed by atoms with van der Waals surface area (Å²) >= 11 is 0. The Bertz CT molecular complexity index is 711. The van der Waals surface area contributed by atoms with Crippen LogP contribution in [0.25, 0.3) is 0 Å². The van der Waals surface area contributed by atoms with Crippen molar-refractivity contribution in [1.29, 1.82) is 0 Å². The van der Waals surface area contributed by atoms with Gasteiger partial charge in [-0.2, -0.15) is 5.10 Å². The van der Waals surface area contributed by atoms with Gasteiger partial charge in [0.25, 0.3) is 0 Å². The molecule has 0 aliphatic heterocycles. The van der Waals surface area contributed by atoms with Crippen LogP contribution in [-0.4, -0.2) is 28.8 Å². The summed E-state index contributed by atoms with van der Waals surface area (Å²) in [4.78, 5) is 4.51. The van der Waals surface area contributed by atoms with E-state index in [9.17, 15) is 4.39 Å². The van der Waals surface area contributed by atoms with Gasteiger partial charge in [-0.25, -0.2) is 9.38 Å². The number of aryl methyl sites for hydroxylation is 2. The second-order valence-corrected chi connectivity index (χ2v) is 5.77. The number of aromatic nitrogens is 2. The van der Waals surface area contributed by atoms with E-state index in [-0.39, 0.29) is 29.8 Å². The standard InChI is InChI=1S/C18H26FN5.HI/c1-5-20-18(22-12-15-7-6-8-16(19)11-15)21-10-9-17-13(2)23-24(4)14(17)3;/h6-8,11H,5,9-10,12H2,1-4H3,(H2,20,21,22);1H. The average molecular weight is 459 g/mol. The van der Waals surface area contributed by atoms with Crippen LogP contribution < -0.4 is 10.6 Å². The highest BCUT2D eigenvalue weighted by molar-refractivity contribution is 14.0. The maximum Gasteiger partial charge on any atom is 0.191 e. The van der Waals surface area contributed by atoms with Crippen LogP contribution in [0.5, 0.6) is 0 Å². The van der Waals surface area contributed by atoms with Crippen molar-refractivity contribution >= 4 is 29.9 Å². The van der Waals surface area contributed by atoms with Gasteiger partial charge in [0.15, 0.2) is 5.96 Å². The lowest BCUT2D eigenvalue weighted by atomic mass is 10.1. The lowest BCUT2D eigenvalue weighted by Crippen LogP contribution is -2.38. The van der Waals surface area contributed by atoms with Gasteiger partial charge in [0.2, 0.25) is 0 Å². The van der Waals surface area contributed by atoms with Gasteiger partial charge in [-0.1, -0.05) is 12.1 Å². The maximum absolute atomic E-state index is 13.2. The van der Waals surface area contributed by atoms with E-state index in [0.29, 0.717) is 6.54 Å². The van der Waals surface area contributed by atoms with Gasteiger partial charge in [0, 0.05) is 25.8 Å². The lowest BCUT2D eigenvalue weighted by Gasteiger charge is -2.11. The van der Waals surface area contributed by atoms with Gasteiger partial charge < -0.3 is 10.6 Å². The molecule has 7 heteroatoms. The van der Waals surface area contributed by atoms with Crippen molar-refractivity contribution in [2.45, 2.75) is 33.7 Å². The Balaban J connectivity index is 0.00000312. The summed E-state index contributed by atoms with van der Waals surface area (Å²) < 4.78 is 15.1. The molecule has 2 aromatic rings. The number of aliphatic imine (C=N–C) groups is 1. The smallest absolute Gasteiger partial charge is 0.191 e. The first-order valence-electron chi connectivity index (χ1n) is 8.27. The first-order valence-corrected chi connectivity index (χ1v) is 8.27. The second kappa shape index (κ2) is 10.4. The fraction of sp³-hybridized carbons (Fsp3) is 0.444. The second-order valence-electron chi connectivity index (χ2n) is 5.77. The predicted octanol–water partition coefficient (Wildman–Crippen LogP) is 3.09. The molecule has 0 aliphatic rings. The molecule has 1 heterocycles. The molecule has 0 aliphatic carbocycles. The zero-order chi connectivity index (χ0) is 17.5. The lowest BCUT2D eigenvalue weighted by molar-refractivity contribution is 0.625. The number of hydrogen-bond acceptors (Lipinski definition) is 2. The fourth-order valence-corrected chi connectivity index (χ4v) is 2.63.